The Labute approximate surface area is 165 Å². The smallest absolute Gasteiger partial charge is 0.259 e. The number of aromatic nitrogens is 3. The lowest BCUT2D eigenvalue weighted by molar-refractivity contribution is 0.186. The number of nitriles is 1. The molecule has 0 aliphatic carbocycles. The van der Waals surface area contributed by atoms with Crippen LogP contribution in [0.3, 0.4) is 0 Å². The average Bonchev–Trinajstić information content (AvgIpc) is 2.91. The Bertz CT molecular complexity index is 1140. The molecule has 138 valence electrons. The first-order valence-electron chi connectivity index (χ1n) is 8.42. The largest absolute Gasteiger partial charge is 0.383 e. The predicted molar refractivity (Wildman–Crippen MR) is 109 cm³/mol. The Morgan fingerprint density at radius 1 is 1.41 bits per heavy atom. The van der Waals surface area contributed by atoms with Gasteiger partial charge in [0, 0.05) is 29.5 Å². The fourth-order valence-corrected chi connectivity index (χ4v) is 3.41. The predicted octanol–water partition coefficient (Wildman–Crippen LogP) is 3.81. The van der Waals surface area contributed by atoms with Crippen LogP contribution in [0.5, 0.6) is 0 Å². The van der Waals surface area contributed by atoms with Crippen molar-refractivity contribution >= 4 is 38.5 Å². The number of nitrogens with zero attached hydrogens (tertiary/aromatic N) is 3. The number of rotatable bonds is 5. The van der Waals surface area contributed by atoms with Gasteiger partial charge in [0.15, 0.2) is 5.82 Å². The van der Waals surface area contributed by atoms with Crippen molar-refractivity contribution in [2.75, 3.05) is 13.7 Å². The molecule has 1 aromatic carbocycles. The lowest BCUT2D eigenvalue weighted by Gasteiger charge is -2.08. The highest BCUT2D eigenvalue weighted by Crippen LogP contribution is 2.22. The van der Waals surface area contributed by atoms with E-state index in [-0.39, 0.29) is 11.4 Å². The molecule has 2 aromatic heterocycles. The van der Waals surface area contributed by atoms with E-state index in [1.54, 1.807) is 25.3 Å². The maximum Gasteiger partial charge on any atom is 0.259 e. The number of hydrogen-bond acceptors (Lipinski definition) is 4. The first kappa shape index (κ1) is 19.1. The first-order valence-corrected chi connectivity index (χ1v) is 9.21. The van der Waals surface area contributed by atoms with E-state index in [1.165, 1.54) is 0 Å². The van der Waals surface area contributed by atoms with Gasteiger partial charge < -0.3 is 14.3 Å². The van der Waals surface area contributed by atoms with Gasteiger partial charge in [0.25, 0.3) is 5.56 Å². The minimum Gasteiger partial charge on any atom is -0.383 e. The van der Waals surface area contributed by atoms with Crippen molar-refractivity contribution in [3.63, 3.8) is 0 Å². The van der Waals surface area contributed by atoms with Gasteiger partial charge in [-0.3, -0.25) is 4.79 Å². The van der Waals surface area contributed by atoms with E-state index in [4.69, 9.17) is 4.74 Å². The number of benzene rings is 1. The Morgan fingerprint density at radius 2 is 2.19 bits per heavy atom. The SMILES string of the molecule is COCCn1c(C)cc(C=C(C#N)c2nc3ccc(Br)cc3c(=O)[nH]2)c1C. The normalized spacial score (nSPS) is 11.7. The van der Waals surface area contributed by atoms with Crippen LogP contribution in [-0.2, 0) is 11.3 Å². The second-order valence-electron chi connectivity index (χ2n) is 6.22. The minimum absolute atomic E-state index is 0.263. The summed E-state index contributed by atoms with van der Waals surface area (Å²) in [5.41, 5.74) is 3.61. The summed E-state index contributed by atoms with van der Waals surface area (Å²) >= 11 is 3.35. The van der Waals surface area contributed by atoms with Crippen LogP contribution < -0.4 is 5.56 Å². The number of aryl methyl sites for hydroxylation is 1. The molecule has 0 saturated heterocycles. The molecule has 0 saturated carbocycles. The van der Waals surface area contributed by atoms with Crippen LogP contribution in [0, 0.1) is 25.2 Å². The maximum atomic E-state index is 12.4. The molecule has 0 spiro atoms. The third-order valence-electron chi connectivity index (χ3n) is 4.47. The lowest BCUT2D eigenvalue weighted by atomic mass is 10.1. The number of methoxy groups -OCH3 is 1. The van der Waals surface area contributed by atoms with Crippen molar-refractivity contribution in [1.29, 1.82) is 5.26 Å². The molecule has 3 aromatic rings. The van der Waals surface area contributed by atoms with Gasteiger partial charge >= 0.3 is 0 Å². The molecule has 0 atom stereocenters. The van der Waals surface area contributed by atoms with Gasteiger partial charge in [0.1, 0.15) is 6.07 Å². The topological polar surface area (TPSA) is 83.7 Å². The van der Waals surface area contributed by atoms with Gasteiger partial charge in [0.05, 0.1) is 23.1 Å². The van der Waals surface area contributed by atoms with Crippen molar-refractivity contribution in [3.05, 3.63) is 61.9 Å². The van der Waals surface area contributed by atoms with Crippen LogP contribution in [0.4, 0.5) is 0 Å². The fraction of sp³-hybridized carbons (Fsp3) is 0.250. The zero-order chi connectivity index (χ0) is 19.6. The van der Waals surface area contributed by atoms with Gasteiger partial charge in [0.2, 0.25) is 0 Å². The number of aromatic amines is 1. The summed E-state index contributed by atoms with van der Waals surface area (Å²) in [4.78, 5) is 19.6. The number of allylic oxidation sites excluding steroid dienone is 1. The second-order valence-corrected chi connectivity index (χ2v) is 7.13. The van der Waals surface area contributed by atoms with Crippen molar-refractivity contribution in [3.8, 4) is 6.07 Å². The van der Waals surface area contributed by atoms with E-state index in [1.807, 2.05) is 26.0 Å². The molecule has 0 bridgehead atoms. The number of fused-ring (bicyclic) bond motifs is 1. The summed E-state index contributed by atoms with van der Waals surface area (Å²) in [7, 11) is 1.67. The van der Waals surface area contributed by atoms with Gasteiger partial charge in [-0.15, -0.1) is 0 Å². The van der Waals surface area contributed by atoms with E-state index in [0.717, 1.165) is 28.0 Å². The molecule has 6 nitrogen and oxygen atoms in total. The Balaban J connectivity index is 2.08. The summed E-state index contributed by atoms with van der Waals surface area (Å²) in [5.74, 6) is 0.263. The standard InChI is InChI=1S/C20H19BrN4O2/c1-12-8-14(13(2)25(12)6-7-27-3)9-15(11-22)19-23-18-5-4-16(21)10-17(18)20(26)24-19/h4-5,8-10H,6-7H2,1-3H3,(H,23,24,26). The van der Waals surface area contributed by atoms with E-state index >= 15 is 0 Å². The minimum atomic E-state index is -0.275. The van der Waals surface area contributed by atoms with Crippen molar-refractivity contribution in [2.45, 2.75) is 20.4 Å². The summed E-state index contributed by atoms with van der Waals surface area (Å²) in [5, 5.41) is 10.1. The van der Waals surface area contributed by atoms with Crippen molar-refractivity contribution in [2.24, 2.45) is 0 Å². The average molecular weight is 427 g/mol. The molecule has 0 aliphatic rings. The molecular formula is C20H19BrN4O2. The zero-order valence-electron chi connectivity index (χ0n) is 15.3. The molecule has 3 rings (SSSR count). The number of halogens is 1. The van der Waals surface area contributed by atoms with E-state index in [9.17, 15) is 10.1 Å². The van der Waals surface area contributed by atoms with Gasteiger partial charge in [-0.05, 0) is 49.8 Å². The van der Waals surface area contributed by atoms with E-state index in [2.05, 4.69) is 36.5 Å². The third-order valence-corrected chi connectivity index (χ3v) is 4.97. The van der Waals surface area contributed by atoms with Gasteiger partial charge in [-0.2, -0.15) is 5.26 Å². The highest BCUT2D eigenvalue weighted by atomic mass is 79.9. The number of nitrogens with one attached hydrogen (secondary N) is 1. The highest BCUT2D eigenvalue weighted by Gasteiger charge is 2.12. The van der Waals surface area contributed by atoms with Gasteiger partial charge in [-0.1, -0.05) is 15.9 Å². The van der Waals surface area contributed by atoms with Crippen molar-refractivity contribution in [1.82, 2.24) is 14.5 Å². The molecular weight excluding hydrogens is 408 g/mol. The number of hydrogen-bond donors (Lipinski definition) is 1. The fourth-order valence-electron chi connectivity index (χ4n) is 3.05. The summed E-state index contributed by atoms with van der Waals surface area (Å²) < 4.78 is 8.10. The van der Waals surface area contributed by atoms with Crippen LogP contribution >= 0.6 is 15.9 Å². The molecule has 0 unspecified atom stereocenters. The summed E-state index contributed by atoms with van der Waals surface area (Å²) in [6, 6.07) is 9.45. The van der Waals surface area contributed by atoms with Crippen LogP contribution in [0.15, 0.2) is 33.5 Å². The molecule has 27 heavy (non-hydrogen) atoms. The quantitative estimate of drug-likeness (QED) is 0.628. The second kappa shape index (κ2) is 7.91. The maximum absolute atomic E-state index is 12.4. The Morgan fingerprint density at radius 3 is 2.89 bits per heavy atom. The number of ether oxygens (including phenoxy) is 1. The monoisotopic (exact) mass is 426 g/mol. The Hall–Kier alpha value is -2.69. The Kier molecular flexibility index (Phi) is 5.59. The van der Waals surface area contributed by atoms with E-state index in [0.29, 0.717) is 23.1 Å². The molecule has 0 fully saturated rings. The van der Waals surface area contributed by atoms with Crippen LogP contribution in [-0.4, -0.2) is 28.3 Å². The first-order chi connectivity index (χ1) is 12.9. The lowest BCUT2D eigenvalue weighted by Crippen LogP contribution is -2.11. The number of H-pyrrole nitrogens is 1. The van der Waals surface area contributed by atoms with Crippen LogP contribution in [0.25, 0.3) is 22.6 Å². The van der Waals surface area contributed by atoms with E-state index < -0.39 is 0 Å². The van der Waals surface area contributed by atoms with Crippen molar-refractivity contribution < 1.29 is 4.74 Å². The molecule has 0 radical (unpaired) electrons. The summed E-state index contributed by atoms with van der Waals surface area (Å²) in [6.07, 6.45) is 1.76. The molecule has 0 amide bonds. The molecule has 1 N–H and O–H groups in total. The molecule has 0 aliphatic heterocycles. The molecule has 2 heterocycles. The van der Waals surface area contributed by atoms with Crippen LogP contribution in [0.1, 0.15) is 22.8 Å². The third kappa shape index (κ3) is 3.87. The van der Waals surface area contributed by atoms with Gasteiger partial charge in [-0.25, -0.2) is 4.98 Å². The molecule has 7 heteroatoms. The zero-order valence-corrected chi connectivity index (χ0v) is 16.9. The highest BCUT2D eigenvalue weighted by molar-refractivity contribution is 9.10. The van der Waals surface area contributed by atoms with Crippen LogP contribution in [0.2, 0.25) is 0 Å². The summed E-state index contributed by atoms with van der Waals surface area (Å²) in [6.45, 7) is 5.36.